The molecule has 6 rings (SSSR count). The summed E-state index contributed by atoms with van der Waals surface area (Å²) in [6.07, 6.45) is 6.71. The van der Waals surface area contributed by atoms with E-state index in [1.165, 1.54) is 31.2 Å². The number of rotatable bonds is 8. The third-order valence-corrected chi connectivity index (χ3v) is 10.5. The molecule has 2 unspecified atom stereocenters. The van der Waals surface area contributed by atoms with E-state index in [0.717, 1.165) is 117 Å². The minimum absolute atomic E-state index is 0.297. The van der Waals surface area contributed by atoms with Gasteiger partial charge in [0.05, 0.1) is 0 Å². The van der Waals surface area contributed by atoms with Gasteiger partial charge in [-0.05, 0) is 108 Å². The van der Waals surface area contributed by atoms with Crippen molar-refractivity contribution in [3.8, 4) is 5.75 Å². The Labute approximate surface area is 263 Å². The Balaban J connectivity index is 1.15. The number of carbonyl (C=O) groups is 1. The van der Waals surface area contributed by atoms with Crippen molar-refractivity contribution < 1.29 is 14.6 Å². The number of likely N-dealkylation sites (N-methyl/N-ethyl adjacent to an activating group) is 1. The summed E-state index contributed by atoms with van der Waals surface area (Å²) in [5.74, 6) is 3.19. The molecule has 4 aliphatic rings. The Morgan fingerprint density at radius 3 is 2.02 bits per heavy atom. The fourth-order valence-electron chi connectivity index (χ4n) is 7.81. The molecule has 2 atom stereocenters. The summed E-state index contributed by atoms with van der Waals surface area (Å²) in [5.41, 5.74) is 4.93. The first kappa shape index (κ1) is 30.9. The fourth-order valence-corrected chi connectivity index (χ4v) is 7.81. The number of hydrogen-bond acceptors (Lipinski definition) is 9. The second-order valence-electron chi connectivity index (χ2n) is 13.9. The van der Waals surface area contributed by atoms with Gasteiger partial charge in [0.15, 0.2) is 0 Å². The number of nitrogens with zero attached hydrogens (tertiary/aromatic N) is 7. The first-order valence-electron chi connectivity index (χ1n) is 16.6. The van der Waals surface area contributed by atoms with E-state index in [1.54, 1.807) is 4.90 Å². The van der Waals surface area contributed by atoms with Crippen molar-refractivity contribution in [2.24, 2.45) is 0 Å². The van der Waals surface area contributed by atoms with Crippen molar-refractivity contribution in [2.45, 2.75) is 77.9 Å². The lowest BCUT2D eigenvalue weighted by Crippen LogP contribution is -2.54. The van der Waals surface area contributed by atoms with Crippen LogP contribution in [0.2, 0.25) is 0 Å². The Bertz CT molecular complexity index is 1340. The molecule has 0 radical (unpaired) electrons. The average molecular weight is 606 g/mol. The molecule has 1 aromatic heterocycles. The zero-order chi connectivity index (χ0) is 31.2. The molecule has 2 aromatic rings. The Kier molecular flexibility index (Phi) is 8.67. The number of carboxylic acid groups (broad SMARTS) is 1. The van der Waals surface area contributed by atoms with Crippen molar-refractivity contribution in [1.29, 1.82) is 0 Å². The van der Waals surface area contributed by atoms with E-state index >= 15 is 0 Å². The van der Waals surface area contributed by atoms with Crippen LogP contribution in [0.4, 0.5) is 17.6 Å². The van der Waals surface area contributed by atoms with Gasteiger partial charge in [-0.2, -0.15) is 9.97 Å². The normalized spacial score (nSPS) is 23.3. The highest BCUT2D eigenvalue weighted by molar-refractivity contribution is 5.78. The molecule has 10 heteroatoms. The number of aliphatic carboxylic acids is 1. The number of carboxylic acids is 1. The molecule has 5 heterocycles. The largest absolute Gasteiger partial charge is 0.486 e. The third kappa shape index (κ3) is 5.95. The van der Waals surface area contributed by atoms with Gasteiger partial charge in [0.1, 0.15) is 29.0 Å². The van der Waals surface area contributed by atoms with Crippen LogP contribution in [0.15, 0.2) is 6.07 Å². The van der Waals surface area contributed by atoms with Crippen LogP contribution in [0.5, 0.6) is 5.75 Å². The van der Waals surface area contributed by atoms with Crippen molar-refractivity contribution >= 4 is 23.6 Å². The van der Waals surface area contributed by atoms with Gasteiger partial charge in [0, 0.05) is 65.0 Å². The van der Waals surface area contributed by atoms with E-state index in [-0.39, 0.29) is 5.60 Å². The fraction of sp³-hybridized carbons (Fsp3) is 0.676. The maximum absolute atomic E-state index is 12.2. The summed E-state index contributed by atoms with van der Waals surface area (Å²) in [6.45, 7) is 17.4. The molecule has 0 aliphatic carbocycles. The zero-order valence-corrected chi connectivity index (χ0v) is 27.7. The van der Waals surface area contributed by atoms with Gasteiger partial charge in [0.25, 0.3) is 0 Å². The average Bonchev–Trinajstić information content (AvgIpc) is 3.73. The summed E-state index contributed by atoms with van der Waals surface area (Å²) < 4.78 is 6.88. The second-order valence-corrected chi connectivity index (χ2v) is 13.9. The predicted molar refractivity (Wildman–Crippen MR) is 176 cm³/mol. The second kappa shape index (κ2) is 12.4. The number of anilines is 3. The smallest absolute Gasteiger partial charge is 0.325 e. The molecule has 0 spiro atoms. The monoisotopic (exact) mass is 605 g/mol. The highest BCUT2D eigenvalue weighted by Crippen LogP contribution is 2.43. The van der Waals surface area contributed by atoms with Crippen LogP contribution < -0.4 is 19.4 Å². The topological polar surface area (TPSA) is 88.5 Å². The minimum Gasteiger partial charge on any atom is -0.486 e. The highest BCUT2D eigenvalue weighted by Gasteiger charge is 2.38. The van der Waals surface area contributed by atoms with E-state index in [9.17, 15) is 9.90 Å². The number of aromatic nitrogens is 2. The van der Waals surface area contributed by atoms with Crippen LogP contribution in [0.1, 0.15) is 72.9 Å². The molecule has 0 amide bonds. The maximum Gasteiger partial charge on any atom is 0.325 e. The van der Waals surface area contributed by atoms with Crippen LogP contribution >= 0.6 is 0 Å². The highest BCUT2D eigenvalue weighted by atomic mass is 16.5. The van der Waals surface area contributed by atoms with E-state index in [0.29, 0.717) is 0 Å². The van der Waals surface area contributed by atoms with Crippen LogP contribution in [0, 0.1) is 20.8 Å². The Morgan fingerprint density at radius 2 is 1.45 bits per heavy atom. The molecule has 1 aromatic carbocycles. The van der Waals surface area contributed by atoms with Gasteiger partial charge < -0.3 is 24.5 Å². The van der Waals surface area contributed by atoms with Gasteiger partial charge in [-0.3, -0.25) is 14.6 Å². The van der Waals surface area contributed by atoms with Crippen LogP contribution in [0.25, 0.3) is 0 Å². The van der Waals surface area contributed by atoms with Crippen LogP contribution in [0.3, 0.4) is 0 Å². The SMILES string of the molecule is Cc1c(C)c(C(C(=O)O)N(C)C)c(C)c2c1OC(C)(CN1CCN(c3cc(N4CCCC4)nc(N4CCCC4)n3)CC1)CC2. The van der Waals surface area contributed by atoms with Gasteiger partial charge >= 0.3 is 5.97 Å². The zero-order valence-electron chi connectivity index (χ0n) is 27.7. The number of ether oxygens (including phenoxy) is 1. The van der Waals surface area contributed by atoms with Crippen LogP contribution in [-0.4, -0.2) is 109 Å². The van der Waals surface area contributed by atoms with E-state index in [2.05, 4.69) is 46.4 Å². The lowest BCUT2D eigenvalue weighted by atomic mass is 9.82. The molecular formula is C34H51N7O3. The minimum atomic E-state index is -0.817. The van der Waals surface area contributed by atoms with Crippen molar-refractivity contribution in [3.63, 3.8) is 0 Å². The molecule has 10 nitrogen and oxygen atoms in total. The quantitative estimate of drug-likeness (QED) is 0.473. The number of piperazine rings is 1. The summed E-state index contributed by atoms with van der Waals surface area (Å²) in [6, 6.07) is 1.55. The van der Waals surface area contributed by atoms with E-state index < -0.39 is 12.0 Å². The number of fused-ring (bicyclic) bond motifs is 1. The molecule has 3 fully saturated rings. The van der Waals surface area contributed by atoms with E-state index in [4.69, 9.17) is 14.7 Å². The molecule has 3 saturated heterocycles. The first-order chi connectivity index (χ1) is 21.0. The molecule has 240 valence electrons. The van der Waals surface area contributed by atoms with Crippen molar-refractivity contribution in [2.75, 3.05) is 87.7 Å². The van der Waals surface area contributed by atoms with Crippen molar-refractivity contribution in [3.05, 3.63) is 33.9 Å². The third-order valence-electron chi connectivity index (χ3n) is 10.5. The lowest BCUT2D eigenvalue weighted by Gasteiger charge is -2.44. The number of hydrogen-bond donors (Lipinski definition) is 1. The summed E-state index contributed by atoms with van der Waals surface area (Å²) >= 11 is 0. The number of benzene rings is 1. The van der Waals surface area contributed by atoms with Gasteiger partial charge in [0.2, 0.25) is 5.95 Å². The molecule has 0 saturated carbocycles. The lowest BCUT2D eigenvalue weighted by molar-refractivity contribution is -0.142. The Hall–Kier alpha value is -3.11. The maximum atomic E-state index is 12.2. The molecule has 0 bridgehead atoms. The summed E-state index contributed by atoms with van der Waals surface area (Å²) in [4.78, 5) is 33.9. The molecular weight excluding hydrogens is 554 g/mol. The van der Waals surface area contributed by atoms with Gasteiger partial charge in [-0.25, -0.2) is 0 Å². The Morgan fingerprint density at radius 1 is 0.886 bits per heavy atom. The molecule has 44 heavy (non-hydrogen) atoms. The van der Waals surface area contributed by atoms with Crippen LogP contribution in [-0.2, 0) is 11.2 Å². The first-order valence-corrected chi connectivity index (χ1v) is 16.6. The molecule has 4 aliphatic heterocycles. The molecule has 1 N–H and O–H groups in total. The summed E-state index contributed by atoms with van der Waals surface area (Å²) in [5, 5.41) is 10.0. The van der Waals surface area contributed by atoms with Gasteiger partial charge in [-0.1, -0.05) is 0 Å². The standard InChI is InChI=1S/C34H51N7O3/c1-23-24(2)31-26(25(3)29(23)30(32(42)43)37(5)6)11-12-34(4,44-31)22-38-17-19-40(20-18-38)28-21-27(39-13-7-8-14-39)35-33(36-28)41-15-9-10-16-41/h21,30H,7-20,22H2,1-6H3,(H,42,43). The summed E-state index contributed by atoms with van der Waals surface area (Å²) in [7, 11) is 3.67. The predicted octanol–water partition coefficient (Wildman–Crippen LogP) is 4.20. The van der Waals surface area contributed by atoms with E-state index in [1.807, 2.05) is 21.0 Å². The van der Waals surface area contributed by atoms with Crippen molar-refractivity contribution in [1.82, 2.24) is 19.8 Å². The van der Waals surface area contributed by atoms with Gasteiger partial charge in [-0.15, -0.1) is 0 Å².